The molecule has 2 aromatic carbocycles. The van der Waals surface area contributed by atoms with Crippen LogP contribution in [0.15, 0.2) is 60.9 Å². The summed E-state index contributed by atoms with van der Waals surface area (Å²) in [6.07, 6.45) is 5.75. The molecule has 1 saturated heterocycles. The van der Waals surface area contributed by atoms with E-state index in [0.717, 1.165) is 25.9 Å². The average molecular weight is 390 g/mol. The Morgan fingerprint density at radius 3 is 2.45 bits per heavy atom. The topological polar surface area (TPSA) is 81.3 Å². The number of aryl methyl sites for hydroxylation is 1. The van der Waals surface area contributed by atoms with E-state index in [-0.39, 0.29) is 11.5 Å². The SMILES string of the molecule is Cn1cc(C2CCN(c3ccc(C(=O)c4ccccc4)cc3[N+](=O)[O-])CC2)cn1. The molecule has 0 amide bonds. The van der Waals surface area contributed by atoms with Crippen molar-refractivity contribution >= 4 is 17.2 Å². The van der Waals surface area contributed by atoms with Gasteiger partial charge in [0.2, 0.25) is 0 Å². The Bertz CT molecular complexity index is 1040. The number of hydrogen-bond donors (Lipinski definition) is 0. The fourth-order valence-corrected chi connectivity index (χ4v) is 3.94. The first-order chi connectivity index (χ1) is 14.0. The Labute approximate surface area is 168 Å². The zero-order valence-electron chi connectivity index (χ0n) is 16.2. The number of hydrogen-bond acceptors (Lipinski definition) is 5. The van der Waals surface area contributed by atoms with Crippen molar-refractivity contribution in [2.75, 3.05) is 18.0 Å². The van der Waals surface area contributed by atoms with Gasteiger partial charge in [-0.25, -0.2) is 0 Å². The molecule has 0 radical (unpaired) electrons. The van der Waals surface area contributed by atoms with E-state index in [2.05, 4.69) is 5.10 Å². The summed E-state index contributed by atoms with van der Waals surface area (Å²) in [6, 6.07) is 13.6. The van der Waals surface area contributed by atoms with E-state index in [0.29, 0.717) is 22.7 Å². The van der Waals surface area contributed by atoms with E-state index >= 15 is 0 Å². The molecule has 1 aliphatic heterocycles. The van der Waals surface area contributed by atoms with Crippen LogP contribution in [0.5, 0.6) is 0 Å². The number of nitro benzene ring substituents is 1. The standard InChI is InChI=1S/C22H22N4O3/c1-24-15-19(14-23-24)16-9-11-25(12-10-16)20-8-7-18(13-21(20)26(28)29)22(27)17-5-3-2-4-6-17/h2-8,13-16H,9-12H2,1H3. The lowest BCUT2D eigenvalue weighted by Gasteiger charge is -2.33. The van der Waals surface area contributed by atoms with Crippen LogP contribution in [0, 0.1) is 10.1 Å². The van der Waals surface area contributed by atoms with Crippen LogP contribution in [0.25, 0.3) is 0 Å². The molecule has 1 aliphatic rings. The first kappa shape index (κ1) is 18.9. The second kappa shape index (κ2) is 7.87. The maximum absolute atomic E-state index is 12.7. The Hall–Kier alpha value is -3.48. The van der Waals surface area contributed by atoms with Gasteiger partial charge in [0, 0.05) is 43.5 Å². The number of rotatable bonds is 5. The molecule has 1 fully saturated rings. The zero-order valence-corrected chi connectivity index (χ0v) is 16.2. The predicted molar refractivity (Wildman–Crippen MR) is 110 cm³/mol. The number of nitro groups is 1. The highest BCUT2D eigenvalue weighted by Crippen LogP contribution is 2.35. The summed E-state index contributed by atoms with van der Waals surface area (Å²) in [5.74, 6) is 0.202. The van der Waals surface area contributed by atoms with Crippen molar-refractivity contribution in [2.45, 2.75) is 18.8 Å². The highest BCUT2D eigenvalue weighted by molar-refractivity contribution is 6.09. The number of carbonyl (C=O) groups excluding carboxylic acids is 1. The van der Waals surface area contributed by atoms with Crippen molar-refractivity contribution in [1.29, 1.82) is 0 Å². The van der Waals surface area contributed by atoms with E-state index in [1.54, 1.807) is 41.1 Å². The van der Waals surface area contributed by atoms with E-state index in [4.69, 9.17) is 0 Å². The molecule has 0 spiro atoms. The molecule has 29 heavy (non-hydrogen) atoms. The van der Waals surface area contributed by atoms with E-state index < -0.39 is 4.92 Å². The van der Waals surface area contributed by atoms with Crippen LogP contribution in [0.2, 0.25) is 0 Å². The van der Waals surface area contributed by atoms with Crippen molar-refractivity contribution in [3.8, 4) is 0 Å². The van der Waals surface area contributed by atoms with E-state index in [1.807, 2.05) is 30.4 Å². The van der Waals surface area contributed by atoms with Gasteiger partial charge in [-0.3, -0.25) is 19.6 Å². The van der Waals surface area contributed by atoms with Crippen LogP contribution in [0.4, 0.5) is 11.4 Å². The van der Waals surface area contributed by atoms with Crippen LogP contribution in [0.1, 0.15) is 40.2 Å². The fourth-order valence-electron chi connectivity index (χ4n) is 3.94. The highest BCUT2D eigenvalue weighted by Gasteiger charge is 2.27. The number of ketones is 1. The largest absolute Gasteiger partial charge is 0.366 e. The third-order valence-electron chi connectivity index (χ3n) is 5.50. The molecule has 0 unspecified atom stereocenters. The Kier molecular flexibility index (Phi) is 5.12. The second-order valence-corrected chi connectivity index (χ2v) is 7.36. The molecule has 148 valence electrons. The summed E-state index contributed by atoms with van der Waals surface area (Å²) in [4.78, 5) is 26.0. The van der Waals surface area contributed by atoms with Gasteiger partial charge in [-0.05, 0) is 36.5 Å². The number of carbonyl (C=O) groups is 1. The second-order valence-electron chi connectivity index (χ2n) is 7.36. The van der Waals surface area contributed by atoms with Crippen molar-refractivity contribution in [1.82, 2.24) is 9.78 Å². The lowest BCUT2D eigenvalue weighted by molar-refractivity contribution is -0.384. The smallest absolute Gasteiger partial charge is 0.293 e. The van der Waals surface area contributed by atoms with Crippen molar-refractivity contribution in [3.63, 3.8) is 0 Å². The highest BCUT2D eigenvalue weighted by atomic mass is 16.6. The Morgan fingerprint density at radius 1 is 1.10 bits per heavy atom. The van der Waals surface area contributed by atoms with Crippen LogP contribution >= 0.6 is 0 Å². The molecule has 3 aromatic rings. The molecular weight excluding hydrogens is 368 g/mol. The lowest BCUT2D eigenvalue weighted by Crippen LogP contribution is -2.33. The third kappa shape index (κ3) is 3.89. The maximum Gasteiger partial charge on any atom is 0.293 e. The molecule has 2 heterocycles. The average Bonchev–Trinajstić information content (AvgIpc) is 3.20. The minimum atomic E-state index is -0.399. The maximum atomic E-state index is 12.7. The fraction of sp³-hybridized carbons (Fsp3) is 0.273. The summed E-state index contributed by atoms with van der Waals surface area (Å²) in [5, 5.41) is 16.0. The Morgan fingerprint density at radius 2 is 1.83 bits per heavy atom. The quantitative estimate of drug-likeness (QED) is 0.374. The van der Waals surface area contributed by atoms with Crippen LogP contribution < -0.4 is 4.90 Å². The molecule has 4 rings (SSSR count). The summed E-state index contributed by atoms with van der Waals surface area (Å²) < 4.78 is 1.80. The van der Waals surface area contributed by atoms with Gasteiger partial charge in [0.15, 0.2) is 5.78 Å². The molecule has 0 bridgehead atoms. The minimum Gasteiger partial charge on any atom is -0.366 e. The van der Waals surface area contributed by atoms with Gasteiger partial charge >= 0.3 is 0 Å². The lowest BCUT2D eigenvalue weighted by atomic mass is 9.91. The van der Waals surface area contributed by atoms with E-state index in [9.17, 15) is 14.9 Å². The number of nitrogens with zero attached hydrogens (tertiary/aromatic N) is 4. The first-order valence-electron chi connectivity index (χ1n) is 9.64. The number of piperidine rings is 1. The monoisotopic (exact) mass is 390 g/mol. The molecule has 0 aliphatic carbocycles. The van der Waals surface area contributed by atoms with Gasteiger partial charge in [0.1, 0.15) is 5.69 Å². The van der Waals surface area contributed by atoms with E-state index in [1.165, 1.54) is 11.6 Å². The van der Waals surface area contributed by atoms with Gasteiger partial charge in [-0.15, -0.1) is 0 Å². The number of anilines is 1. The molecule has 0 saturated carbocycles. The van der Waals surface area contributed by atoms with Crippen molar-refractivity contribution in [2.24, 2.45) is 7.05 Å². The van der Waals surface area contributed by atoms with Gasteiger partial charge in [-0.2, -0.15) is 5.10 Å². The van der Waals surface area contributed by atoms with Gasteiger partial charge in [0.05, 0.1) is 11.1 Å². The normalized spacial score (nSPS) is 14.7. The zero-order chi connectivity index (χ0) is 20.4. The molecule has 0 N–H and O–H groups in total. The molecule has 1 aromatic heterocycles. The molecular formula is C22H22N4O3. The van der Waals surface area contributed by atoms with Crippen LogP contribution in [-0.4, -0.2) is 33.6 Å². The van der Waals surface area contributed by atoms with Crippen LogP contribution in [-0.2, 0) is 7.05 Å². The summed E-state index contributed by atoms with van der Waals surface area (Å²) in [6.45, 7) is 1.46. The molecule has 0 atom stereocenters. The summed E-state index contributed by atoms with van der Waals surface area (Å²) >= 11 is 0. The molecule has 7 nitrogen and oxygen atoms in total. The first-order valence-corrected chi connectivity index (χ1v) is 9.64. The minimum absolute atomic E-state index is 0.0217. The molecule has 7 heteroatoms. The van der Waals surface area contributed by atoms with Gasteiger partial charge in [-0.1, -0.05) is 30.3 Å². The number of aromatic nitrogens is 2. The summed E-state index contributed by atoms with van der Waals surface area (Å²) in [7, 11) is 1.90. The predicted octanol–water partition coefficient (Wildman–Crippen LogP) is 3.94. The van der Waals surface area contributed by atoms with Crippen molar-refractivity contribution < 1.29 is 9.72 Å². The van der Waals surface area contributed by atoms with Gasteiger partial charge < -0.3 is 4.90 Å². The third-order valence-corrected chi connectivity index (χ3v) is 5.50. The Balaban J connectivity index is 1.55. The number of benzene rings is 2. The summed E-state index contributed by atoms with van der Waals surface area (Å²) in [5.41, 5.74) is 2.62. The van der Waals surface area contributed by atoms with Crippen LogP contribution in [0.3, 0.4) is 0 Å². The van der Waals surface area contributed by atoms with Gasteiger partial charge in [0.25, 0.3) is 5.69 Å². The van der Waals surface area contributed by atoms with Crippen molar-refractivity contribution in [3.05, 3.63) is 87.7 Å².